The molecular formula is C23H28Cl4N6. The summed E-state index contributed by atoms with van der Waals surface area (Å²) in [6.45, 7) is 3.05. The molecule has 33 heavy (non-hydrogen) atoms. The van der Waals surface area contributed by atoms with E-state index < -0.39 is 0 Å². The van der Waals surface area contributed by atoms with E-state index in [-0.39, 0.29) is 30.2 Å². The van der Waals surface area contributed by atoms with Gasteiger partial charge in [-0.15, -0.1) is 35.0 Å². The Kier molecular flexibility index (Phi) is 8.51. The van der Waals surface area contributed by atoms with Crippen molar-refractivity contribution >= 4 is 53.7 Å². The largest absolute Gasteiger partial charge is 0.369 e. The van der Waals surface area contributed by atoms with Crippen molar-refractivity contribution in [1.29, 1.82) is 0 Å². The summed E-state index contributed by atoms with van der Waals surface area (Å²) in [6.07, 6.45) is 7.45. The van der Waals surface area contributed by atoms with E-state index in [1.165, 1.54) is 5.56 Å². The van der Waals surface area contributed by atoms with Gasteiger partial charge in [-0.05, 0) is 31.2 Å². The topological polar surface area (TPSA) is 72.9 Å². The lowest BCUT2D eigenvalue weighted by Crippen LogP contribution is -2.34. The van der Waals surface area contributed by atoms with Crippen molar-refractivity contribution in [2.45, 2.75) is 43.6 Å². The smallest absolute Gasteiger partial charge is 0.143 e. The molecule has 2 aromatic heterocycles. The van der Waals surface area contributed by atoms with Crippen LogP contribution in [0.3, 0.4) is 0 Å². The van der Waals surface area contributed by atoms with E-state index in [0.717, 1.165) is 62.7 Å². The number of halogens is 4. The molecule has 0 bridgehead atoms. The Bertz CT molecular complexity index is 1040. The summed E-state index contributed by atoms with van der Waals surface area (Å²) in [6, 6.07) is 10.7. The van der Waals surface area contributed by atoms with Gasteiger partial charge in [-0.3, -0.25) is 4.98 Å². The average molecular weight is 530 g/mol. The van der Waals surface area contributed by atoms with Gasteiger partial charge in [0.25, 0.3) is 0 Å². The quantitative estimate of drug-likeness (QED) is 0.472. The summed E-state index contributed by atoms with van der Waals surface area (Å²) < 4.78 is 2.30. The van der Waals surface area contributed by atoms with Gasteiger partial charge in [-0.2, -0.15) is 0 Å². The molecule has 0 amide bonds. The van der Waals surface area contributed by atoms with Crippen LogP contribution in [0.2, 0.25) is 10.0 Å². The van der Waals surface area contributed by atoms with Crippen LogP contribution >= 0.6 is 48.0 Å². The SMILES string of the molecule is Cl.Cl.NCCn1c(C2CCN(c3c(Cl)cncc3Cl)CC2)nnc1C1(c2ccccc2)CC1. The van der Waals surface area contributed by atoms with Gasteiger partial charge >= 0.3 is 0 Å². The molecule has 1 saturated carbocycles. The summed E-state index contributed by atoms with van der Waals surface area (Å²) in [5.41, 5.74) is 8.19. The van der Waals surface area contributed by atoms with Crippen LogP contribution < -0.4 is 10.6 Å². The van der Waals surface area contributed by atoms with Crippen LogP contribution in [0, 0.1) is 0 Å². The van der Waals surface area contributed by atoms with Crippen molar-refractivity contribution in [3.8, 4) is 0 Å². The van der Waals surface area contributed by atoms with Crippen LogP contribution in [0.4, 0.5) is 5.69 Å². The molecule has 1 aliphatic heterocycles. The van der Waals surface area contributed by atoms with Gasteiger partial charge in [0.2, 0.25) is 0 Å². The summed E-state index contributed by atoms with van der Waals surface area (Å²) in [4.78, 5) is 6.32. The van der Waals surface area contributed by atoms with Crippen molar-refractivity contribution in [1.82, 2.24) is 19.7 Å². The number of anilines is 1. The van der Waals surface area contributed by atoms with Gasteiger partial charge in [0.1, 0.15) is 11.6 Å². The molecule has 1 aromatic carbocycles. The standard InChI is InChI=1S/C23H26Cl2N6.2ClH/c24-18-14-27-15-19(25)20(18)30-11-6-16(7-12-30)21-28-29-22(31(21)13-10-26)23(8-9-23)17-4-2-1-3-5-17;;/h1-5,14-16H,6-13,26H2;2*1H. The second-order valence-corrected chi connectivity index (χ2v) is 9.30. The molecule has 3 heterocycles. The second-order valence-electron chi connectivity index (χ2n) is 8.48. The fourth-order valence-electron chi connectivity index (χ4n) is 4.91. The van der Waals surface area contributed by atoms with Crippen molar-refractivity contribution in [2.24, 2.45) is 5.73 Å². The van der Waals surface area contributed by atoms with Gasteiger partial charge in [0.05, 0.1) is 21.1 Å². The van der Waals surface area contributed by atoms with E-state index in [0.29, 0.717) is 22.5 Å². The van der Waals surface area contributed by atoms with Crippen LogP contribution in [0.25, 0.3) is 0 Å². The summed E-state index contributed by atoms with van der Waals surface area (Å²) in [5, 5.41) is 10.6. The first-order valence-corrected chi connectivity index (χ1v) is 11.6. The predicted octanol–water partition coefficient (Wildman–Crippen LogP) is 5.25. The molecule has 5 rings (SSSR count). The van der Waals surface area contributed by atoms with E-state index in [9.17, 15) is 0 Å². The van der Waals surface area contributed by atoms with Gasteiger partial charge in [-0.25, -0.2) is 0 Å². The van der Waals surface area contributed by atoms with Crippen molar-refractivity contribution in [3.05, 3.63) is 70.0 Å². The first kappa shape index (κ1) is 26.0. The Morgan fingerprint density at radius 3 is 2.18 bits per heavy atom. The number of benzene rings is 1. The van der Waals surface area contributed by atoms with E-state index >= 15 is 0 Å². The highest BCUT2D eigenvalue weighted by atomic mass is 35.5. The number of rotatable bonds is 6. The molecule has 2 aliphatic rings. The van der Waals surface area contributed by atoms with E-state index in [4.69, 9.17) is 39.1 Å². The average Bonchev–Trinajstić information content (AvgIpc) is 3.49. The molecule has 10 heteroatoms. The molecular weight excluding hydrogens is 502 g/mol. The number of piperidine rings is 1. The molecule has 2 fully saturated rings. The maximum absolute atomic E-state index is 6.37. The maximum Gasteiger partial charge on any atom is 0.143 e. The van der Waals surface area contributed by atoms with Crippen LogP contribution in [0.15, 0.2) is 42.7 Å². The number of hydrogen-bond donors (Lipinski definition) is 1. The fraction of sp³-hybridized carbons (Fsp3) is 0.435. The van der Waals surface area contributed by atoms with E-state index in [1.54, 1.807) is 12.4 Å². The Balaban J connectivity index is 0.00000153. The normalized spacial score (nSPS) is 17.2. The third kappa shape index (κ3) is 4.82. The Morgan fingerprint density at radius 2 is 1.61 bits per heavy atom. The zero-order valence-electron chi connectivity index (χ0n) is 18.2. The molecule has 1 aliphatic carbocycles. The molecule has 1 saturated heterocycles. The maximum atomic E-state index is 6.37. The molecule has 0 unspecified atom stereocenters. The molecule has 0 atom stereocenters. The minimum atomic E-state index is -0.0134. The highest BCUT2D eigenvalue weighted by molar-refractivity contribution is 6.38. The van der Waals surface area contributed by atoms with Gasteiger partial charge < -0.3 is 15.2 Å². The zero-order valence-corrected chi connectivity index (χ0v) is 21.3. The third-order valence-corrected chi connectivity index (χ3v) is 7.19. The van der Waals surface area contributed by atoms with Gasteiger partial charge in [-0.1, -0.05) is 53.5 Å². The predicted molar refractivity (Wildman–Crippen MR) is 138 cm³/mol. The molecule has 6 nitrogen and oxygen atoms in total. The summed E-state index contributed by atoms with van der Waals surface area (Å²) >= 11 is 12.7. The summed E-state index contributed by atoms with van der Waals surface area (Å²) in [7, 11) is 0. The highest BCUT2D eigenvalue weighted by Crippen LogP contribution is 2.53. The zero-order chi connectivity index (χ0) is 21.4. The third-order valence-electron chi connectivity index (χ3n) is 6.64. The fourth-order valence-corrected chi connectivity index (χ4v) is 5.52. The molecule has 0 spiro atoms. The molecule has 0 radical (unpaired) electrons. The minimum Gasteiger partial charge on any atom is -0.369 e. The van der Waals surface area contributed by atoms with E-state index in [2.05, 4.69) is 44.8 Å². The molecule has 3 aromatic rings. The minimum absolute atomic E-state index is 0. The number of hydrogen-bond acceptors (Lipinski definition) is 5. The van der Waals surface area contributed by atoms with Gasteiger partial charge in [0.15, 0.2) is 0 Å². The lowest BCUT2D eigenvalue weighted by molar-refractivity contribution is 0.459. The van der Waals surface area contributed by atoms with Crippen molar-refractivity contribution < 1.29 is 0 Å². The Labute approximate surface area is 216 Å². The highest BCUT2D eigenvalue weighted by Gasteiger charge is 2.50. The molecule has 178 valence electrons. The van der Waals surface area contributed by atoms with Crippen molar-refractivity contribution in [3.63, 3.8) is 0 Å². The lowest BCUT2D eigenvalue weighted by Gasteiger charge is -2.34. The first-order chi connectivity index (χ1) is 15.1. The van der Waals surface area contributed by atoms with Crippen LogP contribution in [0.5, 0.6) is 0 Å². The first-order valence-electron chi connectivity index (χ1n) is 10.9. The van der Waals surface area contributed by atoms with E-state index in [1.807, 2.05) is 0 Å². The second kappa shape index (κ2) is 10.8. The van der Waals surface area contributed by atoms with Crippen molar-refractivity contribution in [2.75, 3.05) is 24.5 Å². The summed E-state index contributed by atoms with van der Waals surface area (Å²) in [5.74, 6) is 2.48. The van der Waals surface area contributed by atoms with Gasteiger partial charge in [0, 0.05) is 44.5 Å². The number of nitrogens with zero attached hydrogens (tertiary/aromatic N) is 5. The monoisotopic (exact) mass is 528 g/mol. The molecule has 2 N–H and O–H groups in total. The Morgan fingerprint density at radius 1 is 0.970 bits per heavy atom. The lowest BCUT2D eigenvalue weighted by atomic mass is 9.93. The Hall–Kier alpha value is -1.57. The van der Waals surface area contributed by atoms with Crippen LogP contribution in [0.1, 0.15) is 48.8 Å². The number of aromatic nitrogens is 4. The van der Waals surface area contributed by atoms with Crippen LogP contribution in [-0.4, -0.2) is 39.4 Å². The van der Waals surface area contributed by atoms with Crippen LogP contribution in [-0.2, 0) is 12.0 Å². The number of pyridine rings is 1. The number of nitrogens with two attached hydrogens (primary N) is 1.